The highest BCUT2D eigenvalue weighted by molar-refractivity contribution is 6.74. The zero-order valence-electron chi connectivity index (χ0n) is 48.5. The van der Waals surface area contributed by atoms with E-state index in [1.54, 1.807) is 0 Å². The lowest BCUT2D eigenvalue weighted by molar-refractivity contribution is -0.148. The van der Waals surface area contributed by atoms with E-state index < -0.39 is 16.6 Å². The van der Waals surface area contributed by atoms with Crippen LogP contribution in [0.3, 0.4) is 0 Å². The fourth-order valence-corrected chi connectivity index (χ4v) is 11.8. The Hall–Kier alpha value is -2.12. The largest absolute Gasteiger partial charge is 0.463 e. The molecule has 2 rings (SSSR count). The highest BCUT2D eigenvalue weighted by atomic mass is 28.4. The lowest BCUT2D eigenvalue weighted by Gasteiger charge is -2.39. The van der Waals surface area contributed by atoms with Gasteiger partial charge in [0.05, 0.1) is 30.5 Å². The highest BCUT2D eigenvalue weighted by Crippen LogP contribution is 2.43. The van der Waals surface area contributed by atoms with Gasteiger partial charge in [-0.05, 0) is 151 Å². The SMILES string of the molecule is CCCCC[C@@H](/C=C/[C@@H]1[C@@H](C/C=C\CCCC(=O)OC(C)C)[C@@H](O)C[C@H]1C)O[Si](C)(C)C(C)(C)C.CCCCC[C@@H](/C=C/[C@H]1[C@H](C)CC(=O)[C@@H]1C/C=C\CCCC(=O)OC(C)C)O[Si](C)(C)C(C)(C)C. The third-order valence-electron chi connectivity index (χ3n) is 15.5. The van der Waals surface area contributed by atoms with Gasteiger partial charge in [-0.25, -0.2) is 0 Å². The summed E-state index contributed by atoms with van der Waals surface area (Å²) in [5, 5.41) is 11.1. The molecule has 2 saturated carbocycles. The Labute approximate surface area is 433 Å². The molecule has 0 aromatic rings. The van der Waals surface area contributed by atoms with Gasteiger partial charge in [0.15, 0.2) is 16.6 Å². The van der Waals surface area contributed by atoms with E-state index in [2.05, 4.69) is 144 Å². The average Bonchev–Trinajstić information content (AvgIpc) is 3.66. The van der Waals surface area contributed by atoms with Crippen LogP contribution in [0.5, 0.6) is 0 Å². The molecule has 2 aliphatic carbocycles. The van der Waals surface area contributed by atoms with Crippen LogP contribution in [-0.2, 0) is 32.7 Å². The molecule has 406 valence electrons. The zero-order chi connectivity index (χ0) is 53.3. The van der Waals surface area contributed by atoms with Crippen molar-refractivity contribution >= 4 is 34.4 Å². The van der Waals surface area contributed by atoms with Crippen molar-refractivity contribution in [2.75, 3.05) is 0 Å². The van der Waals surface area contributed by atoms with Gasteiger partial charge in [0.25, 0.3) is 0 Å². The molecule has 8 nitrogen and oxygen atoms in total. The van der Waals surface area contributed by atoms with E-state index in [4.69, 9.17) is 18.3 Å². The molecule has 2 aliphatic rings. The molecule has 10 heteroatoms. The first kappa shape index (κ1) is 65.9. The van der Waals surface area contributed by atoms with E-state index >= 15 is 0 Å². The second-order valence-corrected chi connectivity index (χ2v) is 34.2. The first-order valence-corrected chi connectivity index (χ1v) is 34.0. The minimum Gasteiger partial charge on any atom is -0.463 e. The highest BCUT2D eigenvalue weighted by Gasteiger charge is 2.42. The predicted molar refractivity (Wildman–Crippen MR) is 301 cm³/mol. The van der Waals surface area contributed by atoms with Gasteiger partial charge >= 0.3 is 11.9 Å². The number of esters is 2. The van der Waals surface area contributed by atoms with Crippen LogP contribution < -0.4 is 0 Å². The summed E-state index contributed by atoms with van der Waals surface area (Å²) in [6.07, 6.45) is 34.6. The first-order chi connectivity index (χ1) is 32.6. The van der Waals surface area contributed by atoms with E-state index in [1.165, 1.54) is 38.5 Å². The smallest absolute Gasteiger partial charge is 0.306 e. The third kappa shape index (κ3) is 25.7. The molecular formula is C60H110O8Si2. The molecule has 2 fully saturated rings. The number of carbonyl (C=O) groups is 3. The molecule has 0 aliphatic heterocycles. The molecule has 0 aromatic heterocycles. The van der Waals surface area contributed by atoms with Crippen LogP contribution in [0, 0.1) is 35.5 Å². The van der Waals surface area contributed by atoms with Crippen molar-refractivity contribution in [3.05, 3.63) is 48.6 Å². The molecule has 1 N–H and O–H groups in total. The molecule has 0 spiro atoms. The molecule has 0 heterocycles. The normalized spacial score (nSPS) is 23.6. The fourth-order valence-electron chi connectivity index (χ4n) is 9.17. The first-order valence-electron chi connectivity index (χ1n) is 28.2. The van der Waals surface area contributed by atoms with E-state index in [1.807, 2.05) is 27.7 Å². The Balaban J connectivity index is 0.000000700. The zero-order valence-corrected chi connectivity index (χ0v) is 50.5. The van der Waals surface area contributed by atoms with E-state index in [-0.39, 0.29) is 70.3 Å². The van der Waals surface area contributed by atoms with Crippen LogP contribution in [0.4, 0.5) is 0 Å². The number of ether oxygens (including phenoxy) is 2. The number of allylic oxidation sites excluding steroid dienone is 6. The summed E-state index contributed by atoms with van der Waals surface area (Å²) in [7, 11) is -3.71. The topological polar surface area (TPSA) is 108 Å². The number of rotatable bonds is 30. The number of hydrogen-bond donors (Lipinski definition) is 1. The van der Waals surface area contributed by atoms with Gasteiger partial charge in [0.1, 0.15) is 5.78 Å². The average molecular weight is 1020 g/mol. The molecule has 0 amide bonds. The summed E-state index contributed by atoms with van der Waals surface area (Å²) < 4.78 is 24.0. The summed E-state index contributed by atoms with van der Waals surface area (Å²) in [5.74, 6) is 1.89. The van der Waals surface area contributed by atoms with E-state index in [0.717, 1.165) is 57.8 Å². The van der Waals surface area contributed by atoms with Crippen LogP contribution in [0.15, 0.2) is 48.6 Å². The summed E-state index contributed by atoms with van der Waals surface area (Å²) in [6.45, 7) is 39.6. The van der Waals surface area contributed by atoms with E-state index in [9.17, 15) is 19.5 Å². The second kappa shape index (κ2) is 32.9. The number of aliphatic hydroxyl groups excluding tert-OH is 1. The molecule has 0 radical (unpaired) electrons. The van der Waals surface area contributed by atoms with Crippen molar-refractivity contribution in [3.8, 4) is 0 Å². The molecule has 70 heavy (non-hydrogen) atoms. The van der Waals surface area contributed by atoms with Crippen molar-refractivity contribution < 1.29 is 37.8 Å². The Morgan fingerprint density at radius 2 is 1.07 bits per heavy atom. The number of ketones is 1. The Kier molecular flexibility index (Phi) is 31.0. The second-order valence-electron chi connectivity index (χ2n) is 24.7. The van der Waals surface area contributed by atoms with E-state index in [0.29, 0.717) is 42.8 Å². The van der Waals surface area contributed by atoms with Crippen molar-refractivity contribution in [1.82, 2.24) is 0 Å². The number of hydrogen-bond acceptors (Lipinski definition) is 8. The molecule has 0 aromatic carbocycles. The maximum absolute atomic E-state index is 12.8. The molecule has 9 atom stereocenters. The van der Waals surface area contributed by atoms with Crippen molar-refractivity contribution in [2.24, 2.45) is 35.5 Å². The van der Waals surface area contributed by atoms with Gasteiger partial charge in [-0.2, -0.15) is 0 Å². The molecule has 0 saturated heterocycles. The summed E-state index contributed by atoms with van der Waals surface area (Å²) in [5.41, 5.74) is 0. The van der Waals surface area contributed by atoms with Crippen molar-refractivity contribution in [2.45, 2.75) is 279 Å². The minimum atomic E-state index is -1.87. The van der Waals surface area contributed by atoms with Gasteiger partial charge in [-0.1, -0.05) is 156 Å². The van der Waals surface area contributed by atoms with Gasteiger partial charge in [-0.3, -0.25) is 14.4 Å². The van der Waals surface area contributed by atoms with Crippen LogP contribution >= 0.6 is 0 Å². The Morgan fingerprint density at radius 1 is 0.643 bits per heavy atom. The van der Waals surface area contributed by atoms with Crippen LogP contribution in [0.25, 0.3) is 0 Å². The van der Waals surface area contributed by atoms with Crippen molar-refractivity contribution in [3.63, 3.8) is 0 Å². The standard InChI is InChI=1S/C30H56O4Si.C30H54O4Si/c2*1-10-11-14-17-25(34-35(8,9)30(5,6)7)20-21-26-24(4)22-28(31)27(26)18-15-12-13-16-19-29(32)33-23(2)3/h12,15,20-21,23-28,31H,10-11,13-14,16-19,22H2,1-9H3;12,15,20-21,23-27H,10-11,13-14,16-19,22H2,1-9H3/b2*15-12-,21-20+/t24-,25+,26+,27-,28+;24-,25+,26+,27-/m11/s1. The number of Topliss-reactive ketones (excluding diaryl/α,β-unsaturated/α-hetero) is 1. The van der Waals surface area contributed by atoms with Crippen LogP contribution in [-0.4, -0.2) is 70.0 Å². The number of carbonyl (C=O) groups excluding carboxylic acids is 3. The van der Waals surface area contributed by atoms with Gasteiger partial charge < -0.3 is 23.4 Å². The summed E-state index contributed by atoms with van der Waals surface area (Å²) in [4.78, 5) is 36.1. The lowest BCUT2D eigenvalue weighted by Crippen LogP contribution is -2.43. The van der Waals surface area contributed by atoms with Gasteiger partial charge in [0.2, 0.25) is 0 Å². The van der Waals surface area contributed by atoms with Gasteiger partial charge in [0, 0.05) is 25.2 Å². The summed E-state index contributed by atoms with van der Waals surface area (Å²) in [6, 6.07) is 0. The third-order valence-corrected chi connectivity index (χ3v) is 24.5. The minimum absolute atomic E-state index is 0.0487. The lowest BCUT2D eigenvalue weighted by atomic mass is 9.86. The molecular weight excluding hydrogens is 905 g/mol. The van der Waals surface area contributed by atoms with Crippen LogP contribution in [0.1, 0.15) is 213 Å². The number of aliphatic hydroxyl groups is 1. The quantitative estimate of drug-likeness (QED) is 0.0328. The summed E-state index contributed by atoms with van der Waals surface area (Å²) >= 11 is 0. The van der Waals surface area contributed by atoms with Crippen molar-refractivity contribution in [1.29, 1.82) is 0 Å². The molecule has 0 unspecified atom stereocenters. The maximum Gasteiger partial charge on any atom is 0.306 e. The number of unbranched alkanes of at least 4 members (excludes halogenated alkanes) is 6. The molecule has 0 bridgehead atoms. The monoisotopic (exact) mass is 1010 g/mol. The van der Waals surface area contributed by atoms with Gasteiger partial charge in [-0.15, -0.1) is 0 Å². The Morgan fingerprint density at radius 3 is 1.49 bits per heavy atom. The van der Waals surface area contributed by atoms with Crippen LogP contribution in [0.2, 0.25) is 36.3 Å². The Bertz CT molecular complexity index is 1600. The maximum atomic E-state index is 12.8. The fraction of sp³-hybridized carbons (Fsp3) is 0.817. The predicted octanol–water partition coefficient (Wildman–Crippen LogP) is 16.6.